The Balaban J connectivity index is 1.47. The molecule has 0 saturated carbocycles. The Kier molecular flexibility index (Phi) is 6.90. The molecule has 2 saturated heterocycles. The lowest BCUT2D eigenvalue weighted by Crippen LogP contribution is -2.48. The minimum atomic E-state index is -0.402. The number of amides is 1. The van der Waals surface area contributed by atoms with Crippen LogP contribution in [0.4, 0.5) is 0 Å². The van der Waals surface area contributed by atoms with Gasteiger partial charge in [0.15, 0.2) is 0 Å². The van der Waals surface area contributed by atoms with E-state index < -0.39 is 5.69 Å². The summed E-state index contributed by atoms with van der Waals surface area (Å²) in [6.07, 6.45) is 8.74. The number of H-pyrrole nitrogens is 1. The number of rotatable bonds is 6. The quantitative estimate of drug-likeness (QED) is 0.721. The molecular formula is C24H34N4O3. The van der Waals surface area contributed by atoms with Gasteiger partial charge in [-0.2, -0.15) is 0 Å². The Morgan fingerprint density at radius 3 is 2.48 bits per heavy atom. The van der Waals surface area contributed by atoms with Gasteiger partial charge in [0, 0.05) is 31.2 Å². The minimum Gasteiger partial charge on any atom is -0.339 e. The van der Waals surface area contributed by atoms with E-state index in [0.717, 1.165) is 45.2 Å². The first-order chi connectivity index (χ1) is 15.1. The van der Waals surface area contributed by atoms with Crippen LogP contribution in [0, 0.1) is 0 Å². The number of hydrogen-bond acceptors (Lipinski definition) is 4. The van der Waals surface area contributed by atoms with Crippen molar-refractivity contribution in [1.82, 2.24) is 19.4 Å². The molecule has 2 aliphatic rings. The molecule has 0 spiro atoms. The zero-order valence-corrected chi connectivity index (χ0v) is 18.6. The monoisotopic (exact) mass is 426 g/mol. The maximum atomic E-state index is 13.1. The van der Waals surface area contributed by atoms with Crippen molar-refractivity contribution in [3.8, 4) is 0 Å². The van der Waals surface area contributed by atoms with Gasteiger partial charge in [-0.3, -0.25) is 14.2 Å². The number of aromatic amines is 1. The molecule has 2 aliphatic heterocycles. The standard InChI is InChI=1S/C24H34N4O3/c1-2-3-5-14-28-23(30)20-9-8-18(17-21(20)25-24(28)31)22(29)27-15-10-19(11-16-27)26-12-6-4-7-13-26/h8-9,17,19H,2-7,10-16H2,1H3,(H,25,31). The molecule has 3 heterocycles. The fraction of sp³-hybridized carbons (Fsp3) is 0.625. The van der Waals surface area contributed by atoms with Gasteiger partial charge in [0.05, 0.1) is 10.9 Å². The maximum absolute atomic E-state index is 13.1. The second-order valence-electron chi connectivity index (χ2n) is 8.97. The van der Waals surface area contributed by atoms with Crippen molar-refractivity contribution in [2.75, 3.05) is 26.2 Å². The van der Waals surface area contributed by atoms with Crippen LogP contribution >= 0.6 is 0 Å². The van der Waals surface area contributed by atoms with E-state index in [0.29, 0.717) is 29.1 Å². The molecule has 1 amide bonds. The molecule has 7 nitrogen and oxygen atoms in total. The third kappa shape index (κ3) is 4.76. The van der Waals surface area contributed by atoms with Crippen molar-refractivity contribution in [1.29, 1.82) is 0 Å². The summed E-state index contributed by atoms with van der Waals surface area (Å²) in [4.78, 5) is 45.6. The summed E-state index contributed by atoms with van der Waals surface area (Å²) in [6, 6.07) is 5.64. The number of unbranched alkanes of at least 4 members (excludes halogenated alkanes) is 2. The van der Waals surface area contributed by atoms with Crippen LogP contribution in [0.1, 0.15) is 68.6 Å². The molecule has 0 radical (unpaired) electrons. The number of likely N-dealkylation sites (tertiary alicyclic amines) is 2. The van der Waals surface area contributed by atoms with E-state index in [-0.39, 0.29) is 11.5 Å². The van der Waals surface area contributed by atoms with Crippen molar-refractivity contribution >= 4 is 16.8 Å². The predicted molar refractivity (Wildman–Crippen MR) is 123 cm³/mol. The van der Waals surface area contributed by atoms with Crippen LogP contribution in [0.5, 0.6) is 0 Å². The van der Waals surface area contributed by atoms with E-state index in [9.17, 15) is 14.4 Å². The largest absolute Gasteiger partial charge is 0.339 e. The number of aromatic nitrogens is 2. The summed E-state index contributed by atoms with van der Waals surface area (Å²) in [5, 5.41) is 0.455. The van der Waals surface area contributed by atoms with E-state index in [4.69, 9.17) is 0 Å². The minimum absolute atomic E-state index is 0.0213. The first kappa shape index (κ1) is 21.8. The molecular weight excluding hydrogens is 392 g/mol. The topological polar surface area (TPSA) is 78.4 Å². The van der Waals surface area contributed by atoms with Gasteiger partial charge in [0.2, 0.25) is 0 Å². The number of piperidine rings is 2. The van der Waals surface area contributed by atoms with Crippen LogP contribution in [-0.2, 0) is 6.54 Å². The molecule has 0 aliphatic carbocycles. The Bertz CT molecular complexity index is 1030. The highest BCUT2D eigenvalue weighted by molar-refractivity contribution is 5.97. The molecule has 1 aromatic carbocycles. The van der Waals surface area contributed by atoms with Gasteiger partial charge in [-0.1, -0.05) is 26.2 Å². The maximum Gasteiger partial charge on any atom is 0.328 e. The number of fused-ring (bicyclic) bond motifs is 1. The third-order valence-electron chi connectivity index (χ3n) is 6.87. The highest BCUT2D eigenvalue weighted by Crippen LogP contribution is 2.22. The molecule has 168 valence electrons. The predicted octanol–water partition coefficient (Wildman–Crippen LogP) is 2.97. The second kappa shape index (κ2) is 9.81. The number of nitrogens with zero attached hydrogens (tertiary/aromatic N) is 3. The number of carbonyl (C=O) groups excluding carboxylic acids is 1. The fourth-order valence-corrected chi connectivity index (χ4v) is 5.01. The zero-order valence-electron chi connectivity index (χ0n) is 18.6. The van der Waals surface area contributed by atoms with Crippen LogP contribution in [0.2, 0.25) is 0 Å². The summed E-state index contributed by atoms with van der Waals surface area (Å²) in [6.45, 7) is 6.40. The van der Waals surface area contributed by atoms with Gasteiger partial charge in [0.25, 0.3) is 11.5 Å². The van der Waals surface area contributed by atoms with E-state index >= 15 is 0 Å². The molecule has 1 aromatic heterocycles. The lowest BCUT2D eigenvalue weighted by atomic mass is 9.99. The second-order valence-corrected chi connectivity index (χ2v) is 8.97. The summed E-state index contributed by atoms with van der Waals surface area (Å²) < 4.78 is 1.27. The van der Waals surface area contributed by atoms with Crippen LogP contribution in [0.15, 0.2) is 27.8 Å². The average Bonchev–Trinajstić information content (AvgIpc) is 2.81. The van der Waals surface area contributed by atoms with Crippen molar-refractivity contribution < 1.29 is 4.79 Å². The summed E-state index contributed by atoms with van der Waals surface area (Å²) in [5.41, 5.74) is 0.287. The Morgan fingerprint density at radius 2 is 1.77 bits per heavy atom. The molecule has 31 heavy (non-hydrogen) atoms. The normalized spacial score (nSPS) is 18.5. The SMILES string of the molecule is CCCCCn1c(=O)[nH]c2cc(C(=O)N3CCC(N4CCCCC4)CC3)ccc2c1=O. The molecule has 7 heteroatoms. The Morgan fingerprint density at radius 1 is 1.03 bits per heavy atom. The molecule has 1 N–H and O–H groups in total. The van der Waals surface area contributed by atoms with Crippen molar-refractivity contribution in [3.05, 3.63) is 44.6 Å². The first-order valence-electron chi connectivity index (χ1n) is 11.9. The van der Waals surface area contributed by atoms with Crippen LogP contribution in [0.25, 0.3) is 10.9 Å². The smallest absolute Gasteiger partial charge is 0.328 e. The van der Waals surface area contributed by atoms with E-state index in [1.807, 2.05) is 4.90 Å². The number of benzene rings is 1. The molecule has 0 bridgehead atoms. The highest BCUT2D eigenvalue weighted by Gasteiger charge is 2.28. The molecule has 2 fully saturated rings. The number of hydrogen-bond donors (Lipinski definition) is 1. The van der Waals surface area contributed by atoms with Crippen LogP contribution in [0.3, 0.4) is 0 Å². The summed E-state index contributed by atoms with van der Waals surface area (Å²) >= 11 is 0. The number of carbonyl (C=O) groups is 1. The summed E-state index contributed by atoms with van der Waals surface area (Å²) in [7, 11) is 0. The molecule has 2 aromatic rings. The molecule has 0 unspecified atom stereocenters. The van der Waals surface area contributed by atoms with Crippen molar-refractivity contribution in [3.63, 3.8) is 0 Å². The number of nitrogens with one attached hydrogen (secondary N) is 1. The Hall–Kier alpha value is -2.41. The lowest BCUT2D eigenvalue weighted by molar-refractivity contribution is 0.0590. The van der Waals surface area contributed by atoms with E-state index in [1.54, 1.807) is 18.2 Å². The summed E-state index contributed by atoms with van der Waals surface area (Å²) in [5.74, 6) is -0.0213. The van der Waals surface area contributed by atoms with Gasteiger partial charge < -0.3 is 14.8 Å². The van der Waals surface area contributed by atoms with E-state index in [1.165, 1.54) is 36.9 Å². The molecule has 4 rings (SSSR count). The van der Waals surface area contributed by atoms with Gasteiger partial charge in [-0.05, 0) is 63.4 Å². The van der Waals surface area contributed by atoms with Crippen molar-refractivity contribution in [2.24, 2.45) is 0 Å². The highest BCUT2D eigenvalue weighted by atomic mass is 16.2. The lowest BCUT2D eigenvalue weighted by Gasteiger charge is -2.40. The average molecular weight is 427 g/mol. The van der Waals surface area contributed by atoms with Gasteiger partial charge in [0.1, 0.15) is 0 Å². The molecule has 0 atom stereocenters. The van der Waals surface area contributed by atoms with Crippen LogP contribution < -0.4 is 11.2 Å². The third-order valence-corrected chi connectivity index (χ3v) is 6.87. The fourth-order valence-electron chi connectivity index (χ4n) is 5.01. The van der Waals surface area contributed by atoms with Gasteiger partial charge in [-0.15, -0.1) is 0 Å². The first-order valence-corrected chi connectivity index (χ1v) is 11.9. The van der Waals surface area contributed by atoms with Crippen LogP contribution in [-0.4, -0.2) is 57.5 Å². The van der Waals surface area contributed by atoms with E-state index in [2.05, 4.69) is 16.8 Å². The van der Waals surface area contributed by atoms with Gasteiger partial charge in [-0.25, -0.2) is 4.79 Å². The Labute approximate surface area is 183 Å². The van der Waals surface area contributed by atoms with Gasteiger partial charge >= 0.3 is 5.69 Å². The zero-order chi connectivity index (χ0) is 21.8. The van der Waals surface area contributed by atoms with Crippen molar-refractivity contribution in [2.45, 2.75) is 70.9 Å².